The number of carbonyl (C=O) groups is 1. The summed E-state index contributed by atoms with van der Waals surface area (Å²) in [6.45, 7) is 0. The summed E-state index contributed by atoms with van der Waals surface area (Å²) in [6.07, 6.45) is -6.29. The molecule has 0 saturated carbocycles. The second-order valence-electron chi connectivity index (χ2n) is 6.96. The van der Waals surface area contributed by atoms with Crippen molar-refractivity contribution in [2.75, 3.05) is 0 Å². The molecule has 39 heavy (non-hydrogen) atoms. The maximum absolute atomic E-state index is 13.4. The van der Waals surface area contributed by atoms with E-state index in [9.17, 15) is 115 Å². The molecule has 234 valence electrons. The lowest BCUT2D eigenvalue weighted by molar-refractivity contribution is -0.476. The predicted octanol–water partition coefficient (Wildman–Crippen LogP) is 5.99. The fraction of sp³-hybridized carbons (Fsp3) is 0.923. The molecule has 0 spiro atoms. The van der Waals surface area contributed by atoms with E-state index in [0.717, 1.165) is 0 Å². The van der Waals surface area contributed by atoms with Crippen molar-refractivity contribution in [2.45, 2.75) is 71.6 Å². The Kier molecular flexibility index (Phi) is 8.39. The lowest BCUT2D eigenvalue weighted by Crippen LogP contribution is -2.78. The summed E-state index contributed by atoms with van der Waals surface area (Å²) < 4.78 is 313. The quantitative estimate of drug-likeness (QED) is 0.245. The first-order valence-corrected chi connectivity index (χ1v) is 8.04. The zero-order valence-corrected chi connectivity index (χ0v) is 16.5. The van der Waals surface area contributed by atoms with Crippen LogP contribution in [0, 0.1) is 0 Å². The highest BCUT2D eigenvalue weighted by Crippen LogP contribution is 2.67. The molecular weight excluding hydrogens is 644 g/mol. The van der Waals surface area contributed by atoms with Gasteiger partial charge < -0.3 is 9.90 Å². The Balaban J connectivity index is 7.32. The van der Waals surface area contributed by atoms with E-state index in [0.29, 0.717) is 0 Å². The van der Waals surface area contributed by atoms with Gasteiger partial charge in [0.25, 0.3) is 0 Å². The Bertz CT molecular complexity index is 930. The number of halogens is 24. The summed E-state index contributed by atoms with van der Waals surface area (Å²) >= 11 is 0. The number of carbonyl (C=O) groups excluding carboxylic acids is 1. The molecule has 0 aliphatic rings. The van der Waals surface area contributed by atoms with Crippen LogP contribution in [0.2, 0.25) is 0 Å². The van der Waals surface area contributed by atoms with Gasteiger partial charge in [-0.05, 0) is 0 Å². The van der Waals surface area contributed by atoms with E-state index in [4.69, 9.17) is 0 Å². The highest BCUT2D eigenvalue weighted by atomic mass is 19.4. The largest absolute Gasteiger partial charge is 0.544 e. The van der Waals surface area contributed by atoms with Crippen LogP contribution >= 0.6 is 0 Å². The minimum atomic E-state index is -9.59. The van der Waals surface area contributed by atoms with Crippen LogP contribution in [0.4, 0.5) is 105 Å². The molecule has 0 unspecified atom stereocenters. The molecule has 0 atom stereocenters. The fourth-order valence-electron chi connectivity index (χ4n) is 2.05. The summed E-state index contributed by atoms with van der Waals surface area (Å²) in [5.41, 5.74) is 0. The van der Waals surface area contributed by atoms with Crippen molar-refractivity contribution in [1.82, 2.24) is 0 Å². The normalized spacial score (nSPS) is 16.6. The molecule has 0 aliphatic carbocycles. The lowest BCUT2D eigenvalue weighted by atomic mass is 9.84. The molecule has 0 fully saturated rings. The van der Waals surface area contributed by atoms with Crippen LogP contribution in [0.3, 0.4) is 0 Å². The fourth-order valence-corrected chi connectivity index (χ4v) is 2.05. The van der Waals surface area contributed by atoms with Crippen LogP contribution in [0.15, 0.2) is 0 Å². The highest BCUT2D eigenvalue weighted by molar-refractivity contribution is 5.75. The Morgan fingerprint density at radius 2 is 0.564 bits per heavy atom. The van der Waals surface area contributed by atoms with Gasteiger partial charge in [-0.1, -0.05) is 0 Å². The summed E-state index contributed by atoms with van der Waals surface area (Å²) in [6, 6.07) is 0. The molecule has 0 bridgehead atoms. The van der Waals surface area contributed by atoms with Gasteiger partial charge in [-0.25, -0.2) is 8.78 Å². The Morgan fingerprint density at radius 3 is 0.744 bits per heavy atom. The van der Waals surface area contributed by atoms with Crippen LogP contribution in [0.25, 0.3) is 0 Å². The third-order valence-corrected chi connectivity index (χ3v) is 4.50. The predicted molar refractivity (Wildman–Crippen MR) is 65.4 cm³/mol. The molecule has 0 heterocycles. The topological polar surface area (TPSA) is 40.1 Å². The van der Waals surface area contributed by atoms with Gasteiger partial charge in [-0.15, -0.1) is 0 Å². The smallest absolute Gasteiger partial charge is 0.385 e. The minimum absolute atomic E-state index is 4.89. The Hall–Kier alpha value is -2.21. The monoisotopic (exact) mass is 645 g/mol. The van der Waals surface area contributed by atoms with E-state index >= 15 is 0 Å². The third-order valence-electron chi connectivity index (χ3n) is 4.50. The van der Waals surface area contributed by atoms with Crippen molar-refractivity contribution < 1.29 is 115 Å². The molecule has 0 amide bonds. The summed E-state index contributed by atoms with van der Waals surface area (Å²) in [5.74, 6) is -104. The number of hydrogen-bond donors (Lipinski definition) is 0. The Morgan fingerprint density at radius 1 is 0.385 bits per heavy atom. The molecule has 0 radical (unpaired) electrons. The number of carboxylic acids is 1. The van der Waals surface area contributed by atoms with Crippen LogP contribution in [0.1, 0.15) is 0 Å². The molecule has 0 aliphatic heterocycles. The SMILES string of the molecule is O=C([O-])C(F)(F)C(F)(F)C(F)(F)C(F)(F)C(F)(F)C(F)(F)C(F)(F)C(F)(F)C(F)(F)C(F)(F)C(F)(F)C(F)F. The average Bonchev–Trinajstić information content (AvgIpc) is 2.71. The molecule has 0 saturated heterocycles. The number of alkyl halides is 24. The van der Waals surface area contributed by atoms with Gasteiger partial charge in [0.1, 0.15) is 5.97 Å². The van der Waals surface area contributed by atoms with Gasteiger partial charge in [-0.2, -0.15) is 96.6 Å². The van der Waals surface area contributed by atoms with Crippen molar-refractivity contribution in [3.05, 3.63) is 0 Å². The van der Waals surface area contributed by atoms with Crippen LogP contribution in [-0.2, 0) is 4.79 Å². The molecule has 2 nitrogen and oxygen atoms in total. The first-order chi connectivity index (χ1) is 16.4. The molecule has 0 aromatic carbocycles. The van der Waals surface area contributed by atoms with E-state index in [1.165, 1.54) is 0 Å². The minimum Gasteiger partial charge on any atom is -0.544 e. The molecule has 26 heteroatoms. The maximum atomic E-state index is 13.4. The number of hydrogen-bond acceptors (Lipinski definition) is 2. The third kappa shape index (κ3) is 4.10. The lowest BCUT2D eigenvalue weighted by Gasteiger charge is -2.45. The van der Waals surface area contributed by atoms with E-state index in [2.05, 4.69) is 0 Å². The van der Waals surface area contributed by atoms with Crippen molar-refractivity contribution in [1.29, 1.82) is 0 Å². The van der Waals surface area contributed by atoms with E-state index in [-0.39, 0.29) is 0 Å². The van der Waals surface area contributed by atoms with Crippen LogP contribution in [-0.4, -0.2) is 77.5 Å². The molecule has 0 aromatic rings. The number of rotatable bonds is 12. The van der Waals surface area contributed by atoms with Gasteiger partial charge in [-0.3, -0.25) is 0 Å². The Labute approximate surface area is 194 Å². The van der Waals surface area contributed by atoms with Gasteiger partial charge in [0.15, 0.2) is 0 Å². The van der Waals surface area contributed by atoms with Crippen LogP contribution < -0.4 is 5.11 Å². The van der Waals surface area contributed by atoms with Gasteiger partial charge >= 0.3 is 71.6 Å². The zero-order valence-electron chi connectivity index (χ0n) is 16.5. The van der Waals surface area contributed by atoms with E-state index in [1.807, 2.05) is 0 Å². The summed E-state index contributed by atoms with van der Waals surface area (Å²) in [5, 5.41) is 9.77. The molecule has 0 aromatic heterocycles. The summed E-state index contributed by atoms with van der Waals surface area (Å²) in [4.78, 5) is 9.77. The zero-order chi connectivity index (χ0) is 32.7. The first kappa shape index (κ1) is 36.8. The van der Waals surface area contributed by atoms with E-state index < -0.39 is 77.5 Å². The van der Waals surface area contributed by atoms with Crippen molar-refractivity contribution >= 4 is 5.97 Å². The van der Waals surface area contributed by atoms with Crippen molar-refractivity contribution in [3.63, 3.8) is 0 Å². The molecule has 0 rings (SSSR count). The van der Waals surface area contributed by atoms with E-state index in [1.54, 1.807) is 0 Å². The number of aliphatic carboxylic acids is 1. The van der Waals surface area contributed by atoms with Crippen molar-refractivity contribution in [2.24, 2.45) is 0 Å². The van der Waals surface area contributed by atoms with Crippen molar-refractivity contribution in [3.8, 4) is 0 Å². The second kappa shape index (κ2) is 8.89. The molecule has 0 N–H and O–H groups in total. The highest BCUT2D eigenvalue weighted by Gasteiger charge is 2.99. The average molecular weight is 645 g/mol. The second-order valence-corrected chi connectivity index (χ2v) is 6.96. The van der Waals surface area contributed by atoms with Gasteiger partial charge in [0.05, 0.1) is 0 Å². The standard InChI is InChI=1S/C13H2F24O2/c14-1(15)3(16,17)5(20,21)7(24,25)9(28,29)11(32,33)13(36,37)12(34,35)10(30,31)8(26,27)6(22,23)4(18,19)2(38)39/h1H,(H,38,39)/p-1. The first-order valence-electron chi connectivity index (χ1n) is 8.04. The molecular formula is C13HF24O2-. The van der Waals surface area contributed by atoms with Gasteiger partial charge in [0, 0.05) is 0 Å². The van der Waals surface area contributed by atoms with Gasteiger partial charge in [0.2, 0.25) is 0 Å². The van der Waals surface area contributed by atoms with Crippen LogP contribution in [0.5, 0.6) is 0 Å². The summed E-state index contributed by atoms with van der Waals surface area (Å²) in [7, 11) is 0. The number of carboxylic acid groups (broad SMARTS) is 1. The maximum Gasteiger partial charge on any atom is 0.385 e.